The van der Waals surface area contributed by atoms with E-state index in [1.165, 1.54) is 5.56 Å². The monoisotopic (exact) mass is 397 g/mol. The number of amides is 2. The fraction of sp³-hybridized carbons (Fsp3) is 0.409. The summed E-state index contributed by atoms with van der Waals surface area (Å²) in [6.45, 7) is 2.72. The van der Waals surface area contributed by atoms with E-state index in [1.807, 2.05) is 30.3 Å². The zero-order valence-corrected chi connectivity index (χ0v) is 16.5. The average Bonchev–Trinajstić information content (AvgIpc) is 2.72. The number of pyridine rings is 1. The normalized spacial score (nSPS) is 24.2. The van der Waals surface area contributed by atoms with Gasteiger partial charge in [-0.25, -0.2) is 0 Å². The molecule has 1 aromatic carbocycles. The number of benzene rings is 1. The molecule has 2 fully saturated rings. The van der Waals surface area contributed by atoms with Crippen molar-refractivity contribution in [1.29, 1.82) is 0 Å². The fourth-order valence-electron chi connectivity index (χ4n) is 4.63. The van der Waals surface area contributed by atoms with Crippen molar-refractivity contribution in [1.82, 2.24) is 15.2 Å². The third kappa shape index (κ3) is 3.69. The van der Waals surface area contributed by atoms with E-state index < -0.39 is 5.41 Å². The van der Waals surface area contributed by atoms with Crippen LogP contribution < -0.4 is 5.32 Å². The molecule has 146 valence electrons. The number of carbonyl (C=O) groups excluding carboxylic acids is 2. The van der Waals surface area contributed by atoms with Crippen molar-refractivity contribution in [3.63, 3.8) is 0 Å². The molecule has 0 aliphatic carbocycles. The topological polar surface area (TPSA) is 62.3 Å². The smallest absolute Gasteiger partial charge is 0.239 e. The number of aromatic nitrogens is 1. The number of nitrogens with one attached hydrogen (secondary N) is 1. The molecular weight excluding hydrogens is 374 g/mol. The molecule has 1 N–H and O–H groups in total. The number of nitrogens with zero attached hydrogens (tertiary/aromatic N) is 2. The molecule has 5 nitrogen and oxygen atoms in total. The second-order valence-electron chi connectivity index (χ2n) is 7.74. The molecule has 1 atom stereocenters. The standard InChI is InChI=1S/C22H24ClN3O2/c23-18-6-4-16(5-7-18)15-26-13-9-17(10-14-26)22(19-3-1-2-12-24-19)11-8-20(27)25-21(22)28/h1-7,12,17H,8-11,13-15H2,(H,25,27,28)/t22-/m0/s1. The summed E-state index contributed by atoms with van der Waals surface area (Å²) >= 11 is 5.98. The Labute approximate surface area is 170 Å². The summed E-state index contributed by atoms with van der Waals surface area (Å²) in [6, 6.07) is 13.7. The Kier molecular flexibility index (Phi) is 5.47. The van der Waals surface area contributed by atoms with Gasteiger partial charge in [-0.3, -0.25) is 24.8 Å². The number of halogens is 1. The summed E-state index contributed by atoms with van der Waals surface area (Å²) in [5.74, 6) is -0.188. The molecule has 0 radical (unpaired) electrons. The van der Waals surface area contributed by atoms with Crippen molar-refractivity contribution in [2.45, 2.75) is 37.6 Å². The van der Waals surface area contributed by atoms with Crippen LogP contribution in [0.25, 0.3) is 0 Å². The van der Waals surface area contributed by atoms with Gasteiger partial charge in [-0.15, -0.1) is 0 Å². The Bertz CT molecular complexity index is 848. The number of imide groups is 1. The van der Waals surface area contributed by atoms with E-state index in [2.05, 4.69) is 27.3 Å². The predicted octanol–water partition coefficient (Wildman–Crippen LogP) is 3.32. The Morgan fingerprint density at radius 2 is 1.86 bits per heavy atom. The highest BCUT2D eigenvalue weighted by atomic mass is 35.5. The molecule has 2 aromatic rings. The number of hydrogen-bond acceptors (Lipinski definition) is 4. The van der Waals surface area contributed by atoms with Gasteiger partial charge in [0.05, 0.1) is 11.1 Å². The van der Waals surface area contributed by atoms with Gasteiger partial charge >= 0.3 is 0 Å². The van der Waals surface area contributed by atoms with Crippen LogP contribution in [0.2, 0.25) is 5.02 Å². The maximum Gasteiger partial charge on any atom is 0.239 e. The van der Waals surface area contributed by atoms with Gasteiger partial charge in [0.2, 0.25) is 11.8 Å². The zero-order valence-electron chi connectivity index (χ0n) is 15.7. The van der Waals surface area contributed by atoms with Crippen molar-refractivity contribution in [3.05, 3.63) is 64.9 Å². The van der Waals surface area contributed by atoms with Gasteiger partial charge in [-0.05, 0) is 68.1 Å². The molecule has 2 saturated heterocycles. The van der Waals surface area contributed by atoms with Crippen LogP contribution in [0.5, 0.6) is 0 Å². The van der Waals surface area contributed by atoms with Crippen molar-refractivity contribution in [2.24, 2.45) is 5.92 Å². The summed E-state index contributed by atoms with van der Waals surface area (Å²) in [4.78, 5) is 31.8. The number of likely N-dealkylation sites (tertiary alicyclic amines) is 1. The van der Waals surface area contributed by atoms with Crippen LogP contribution in [0.15, 0.2) is 48.7 Å². The van der Waals surface area contributed by atoms with E-state index >= 15 is 0 Å². The third-order valence-electron chi connectivity index (χ3n) is 6.13. The molecule has 0 spiro atoms. The Morgan fingerprint density at radius 1 is 1.11 bits per heavy atom. The highest BCUT2D eigenvalue weighted by molar-refractivity contribution is 6.30. The lowest BCUT2D eigenvalue weighted by molar-refractivity contribution is -0.140. The highest BCUT2D eigenvalue weighted by Gasteiger charge is 2.51. The van der Waals surface area contributed by atoms with Crippen LogP contribution in [-0.4, -0.2) is 34.8 Å². The zero-order chi connectivity index (χ0) is 19.6. The maximum atomic E-state index is 13.0. The molecule has 3 heterocycles. The van der Waals surface area contributed by atoms with Gasteiger partial charge in [-0.1, -0.05) is 29.8 Å². The van der Waals surface area contributed by atoms with E-state index in [4.69, 9.17) is 11.6 Å². The van der Waals surface area contributed by atoms with Gasteiger partial charge in [0, 0.05) is 24.2 Å². The fourth-order valence-corrected chi connectivity index (χ4v) is 4.75. The quantitative estimate of drug-likeness (QED) is 0.804. The largest absolute Gasteiger partial charge is 0.299 e. The van der Waals surface area contributed by atoms with Crippen molar-refractivity contribution in [3.8, 4) is 0 Å². The molecule has 0 unspecified atom stereocenters. The van der Waals surface area contributed by atoms with Crippen molar-refractivity contribution >= 4 is 23.4 Å². The Hall–Kier alpha value is -2.24. The SMILES string of the molecule is O=C1CC[C@@](c2ccccn2)(C2CCN(Cc3ccc(Cl)cc3)CC2)C(=O)N1. The molecule has 0 saturated carbocycles. The van der Waals surface area contributed by atoms with Crippen molar-refractivity contribution < 1.29 is 9.59 Å². The molecule has 28 heavy (non-hydrogen) atoms. The predicted molar refractivity (Wildman–Crippen MR) is 108 cm³/mol. The lowest BCUT2D eigenvalue weighted by Crippen LogP contribution is -2.57. The van der Waals surface area contributed by atoms with Gasteiger partial charge in [0.25, 0.3) is 0 Å². The molecule has 2 aliphatic rings. The molecular formula is C22H24ClN3O2. The van der Waals surface area contributed by atoms with Crippen LogP contribution in [0, 0.1) is 5.92 Å². The summed E-state index contributed by atoms with van der Waals surface area (Å²) in [7, 11) is 0. The first-order chi connectivity index (χ1) is 13.6. The van der Waals surface area contributed by atoms with Crippen LogP contribution in [0.4, 0.5) is 0 Å². The van der Waals surface area contributed by atoms with Gasteiger partial charge < -0.3 is 0 Å². The van der Waals surface area contributed by atoms with Crippen LogP contribution in [-0.2, 0) is 21.5 Å². The lowest BCUT2D eigenvalue weighted by atomic mass is 9.64. The van der Waals surface area contributed by atoms with Crippen LogP contribution in [0.3, 0.4) is 0 Å². The van der Waals surface area contributed by atoms with Gasteiger partial charge in [0.1, 0.15) is 0 Å². The molecule has 2 amide bonds. The van der Waals surface area contributed by atoms with E-state index in [0.717, 1.165) is 43.2 Å². The minimum Gasteiger partial charge on any atom is -0.299 e. The average molecular weight is 398 g/mol. The minimum absolute atomic E-state index is 0.178. The summed E-state index contributed by atoms with van der Waals surface area (Å²) in [5, 5.41) is 3.33. The van der Waals surface area contributed by atoms with Crippen LogP contribution in [0.1, 0.15) is 36.9 Å². The third-order valence-corrected chi connectivity index (χ3v) is 6.38. The maximum absolute atomic E-state index is 13.0. The first-order valence-electron chi connectivity index (χ1n) is 9.80. The second kappa shape index (κ2) is 8.02. The number of rotatable bonds is 4. The molecule has 4 rings (SSSR count). The highest BCUT2D eigenvalue weighted by Crippen LogP contribution is 2.43. The van der Waals surface area contributed by atoms with E-state index in [1.54, 1.807) is 6.20 Å². The number of hydrogen-bond donors (Lipinski definition) is 1. The molecule has 2 aliphatic heterocycles. The lowest BCUT2D eigenvalue weighted by Gasteiger charge is -2.45. The minimum atomic E-state index is -0.707. The second-order valence-corrected chi connectivity index (χ2v) is 8.18. The summed E-state index contributed by atoms with van der Waals surface area (Å²) < 4.78 is 0. The number of carbonyl (C=O) groups is 2. The first kappa shape index (κ1) is 19.1. The van der Waals surface area contributed by atoms with E-state index in [0.29, 0.717) is 12.8 Å². The number of piperidine rings is 2. The van der Waals surface area contributed by atoms with Gasteiger partial charge in [-0.2, -0.15) is 0 Å². The van der Waals surface area contributed by atoms with Crippen LogP contribution >= 0.6 is 11.6 Å². The first-order valence-corrected chi connectivity index (χ1v) is 10.2. The Morgan fingerprint density at radius 3 is 2.50 bits per heavy atom. The Balaban J connectivity index is 1.51. The van der Waals surface area contributed by atoms with Gasteiger partial charge in [0.15, 0.2) is 0 Å². The van der Waals surface area contributed by atoms with Crippen molar-refractivity contribution in [2.75, 3.05) is 13.1 Å². The molecule has 6 heteroatoms. The van der Waals surface area contributed by atoms with E-state index in [-0.39, 0.29) is 17.7 Å². The molecule has 0 bridgehead atoms. The summed E-state index contributed by atoms with van der Waals surface area (Å²) in [6.07, 6.45) is 4.46. The summed E-state index contributed by atoms with van der Waals surface area (Å²) in [5.41, 5.74) is 1.32. The van der Waals surface area contributed by atoms with E-state index in [9.17, 15) is 9.59 Å². The molecule has 1 aromatic heterocycles.